The lowest BCUT2D eigenvalue weighted by molar-refractivity contribution is 0.0763. The molecule has 130 valence electrons. The SMILES string of the molecule is CC.Cc1ccc(C(=O)N2CCCN(C)CC2)cc1-c1cn[nH]c1. The second-order valence-corrected chi connectivity index (χ2v) is 5.97. The molecule has 0 radical (unpaired) electrons. The molecule has 2 heterocycles. The first kappa shape index (κ1) is 18.2. The summed E-state index contributed by atoms with van der Waals surface area (Å²) in [5.74, 6) is 0.125. The average Bonchev–Trinajstić information content (AvgIpc) is 3.05. The van der Waals surface area contributed by atoms with Crippen LogP contribution in [0.1, 0.15) is 36.2 Å². The highest BCUT2D eigenvalue weighted by Gasteiger charge is 2.19. The van der Waals surface area contributed by atoms with Crippen molar-refractivity contribution in [2.75, 3.05) is 33.2 Å². The van der Waals surface area contributed by atoms with Crippen LogP contribution < -0.4 is 0 Å². The number of aromatic amines is 1. The van der Waals surface area contributed by atoms with Crippen LogP contribution in [0.25, 0.3) is 11.1 Å². The number of hydrogen-bond donors (Lipinski definition) is 1. The molecule has 1 N–H and O–H groups in total. The lowest BCUT2D eigenvalue weighted by atomic mass is 10.00. The Morgan fingerprint density at radius 3 is 2.67 bits per heavy atom. The zero-order chi connectivity index (χ0) is 17.5. The van der Waals surface area contributed by atoms with E-state index >= 15 is 0 Å². The van der Waals surface area contributed by atoms with Crippen LogP contribution in [0.3, 0.4) is 0 Å². The number of likely N-dealkylation sites (N-methyl/N-ethyl adjacent to an activating group) is 1. The van der Waals surface area contributed by atoms with E-state index in [0.29, 0.717) is 0 Å². The standard InChI is InChI=1S/C17H22N4O.C2H6/c1-13-4-5-14(10-16(13)15-11-18-19-12-15)17(22)21-7-3-6-20(2)8-9-21;1-2/h4-5,10-12H,3,6-9H2,1-2H3,(H,18,19);1-2H3. The first-order valence-electron chi connectivity index (χ1n) is 8.73. The first-order valence-corrected chi connectivity index (χ1v) is 8.73. The molecule has 1 saturated heterocycles. The molecule has 1 fully saturated rings. The number of carbonyl (C=O) groups is 1. The molecule has 3 rings (SSSR count). The van der Waals surface area contributed by atoms with Gasteiger partial charge >= 0.3 is 0 Å². The molecular weight excluding hydrogens is 300 g/mol. The summed E-state index contributed by atoms with van der Waals surface area (Å²) >= 11 is 0. The van der Waals surface area contributed by atoms with Crippen molar-refractivity contribution >= 4 is 5.91 Å². The Balaban J connectivity index is 0.00000100. The van der Waals surface area contributed by atoms with Crippen molar-refractivity contribution in [3.05, 3.63) is 41.7 Å². The van der Waals surface area contributed by atoms with Gasteiger partial charge in [-0.2, -0.15) is 5.10 Å². The monoisotopic (exact) mass is 328 g/mol. The average molecular weight is 328 g/mol. The summed E-state index contributed by atoms with van der Waals surface area (Å²) in [7, 11) is 2.11. The molecule has 5 heteroatoms. The summed E-state index contributed by atoms with van der Waals surface area (Å²) in [6, 6.07) is 5.92. The second-order valence-electron chi connectivity index (χ2n) is 5.97. The minimum atomic E-state index is 0.125. The van der Waals surface area contributed by atoms with Gasteiger partial charge in [0.1, 0.15) is 0 Å². The van der Waals surface area contributed by atoms with Gasteiger partial charge in [0.05, 0.1) is 6.20 Å². The fraction of sp³-hybridized carbons (Fsp3) is 0.474. The number of H-pyrrole nitrogens is 1. The number of rotatable bonds is 2. The van der Waals surface area contributed by atoms with Gasteiger partial charge in [0.25, 0.3) is 5.91 Å². The highest BCUT2D eigenvalue weighted by molar-refractivity contribution is 5.95. The van der Waals surface area contributed by atoms with E-state index in [4.69, 9.17) is 0 Å². The van der Waals surface area contributed by atoms with E-state index in [-0.39, 0.29) is 5.91 Å². The van der Waals surface area contributed by atoms with E-state index in [1.54, 1.807) is 6.20 Å². The molecular formula is C19H28N4O. The molecule has 1 aromatic heterocycles. The van der Waals surface area contributed by atoms with Gasteiger partial charge in [-0.05, 0) is 50.2 Å². The van der Waals surface area contributed by atoms with Gasteiger partial charge in [-0.25, -0.2) is 0 Å². The Bertz CT molecular complexity index is 651. The molecule has 0 aliphatic carbocycles. The van der Waals surface area contributed by atoms with Crippen molar-refractivity contribution in [3.63, 3.8) is 0 Å². The van der Waals surface area contributed by atoms with Crippen molar-refractivity contribution in [1.29, 1.82) is 0 Å². The fourth-order valence-corrected chi connectivity index (χ4v) is 2.90. The third-order valence-corrected chi connectivity index (χ3v) is 4.30. The van der Waals surface area contributed by atoms with Gasteiger partial charge in [-0.3, -0.25) is 9.89 Å². The normalized spacial score (nSPS) is 15.4. The van der Waals surface area contributed by atoms with E-state index in [0.717, 1.165) is 54.9 Å². The molecule has 1 amide bonds. The van der Waals surface area contributed by atoms with Crippen LogP contribution in [-0.2, 0) is 0 Å². The van der Waals surface area contributed by atoms with Crippen molar-refractivity contribution in [1.82, 2.24) is 20.0 Å². The Kier molecular flexibility index (Phi) is 6.55. The molecule has 0 spiro atoms. The maximum atomic E-state index is 12.8. The lowest BCUT2D eigenvalue weighted by Gasteiger charge is -2.21. The van der Waals surface area contributed by atoms with E-state index in [9.17, 15) is 4.79 Å². The van der Waals surface area contributed by atoms with Crippen LogP contribution in [0.5, 0.6) is 0 Å². The van der Waals surface area contributed by atoms with Gasteiger partial charge in [0.15, 0.2) is 0 Å². The van der Waals surface area contributed by atoms with Crippen molar-refractivity contribution in [3.8, 4) is 11.1 Å². The largest absolute Gasteiger partial charge is 0.337 e. The van der Waals surface area contributed by atoms with Gasteiger partial charge < -0.3 is 9.80 Å². The third kappa shape index (κ3) is 4.23. The molecule has 1 aliphatic rings. The Morgan fingerprint density at radius 2 is 1.96 bits per heavy atom. The summed E-state index contributed by atoms with van der Waals surface area (Å²) < 4.78 is 0. The number of hydrogen-bond acceptors (Lipinski definition) is 3. The van der Waals surface area contributed by atoms with Crippen LogP contribution in [0, 0.1) is 6.92 Å². The first-order chi connectivity index (χ1) is 11.6. The van der Waals surface area contributed by atoms with Crippen LogP contribution in [-0.4, -0.2) is 59.1 Å². The molecule has 0 atom stereocenters. The number of nitrogens with zero attached hydrogens (tertiary/aromatic N) is 3. The van der Waals surface area contributed by atoms with Crippen LogP contribution >= 0.6 is 0 Å². The Hall–Kier alpha value is -2.14. The second kappa shape index (κ2) is 8.64. The third-order valence-electron chi connectivity index (χ3n) is 4.30. The molecule has 1 aliphatic heterocycles. The van der Waals surface area contributed by atoms with Crippen molar-refractivity contribution < 1.29 is 4.79 Å². The molecule has 24 heavy (non-hydrogen) atoms. The molecule has 5 nitrogen and oxygen atoms in total. The summed E-state index contributed by atoms with van der Waals surface area (Å²) in [5, 5.41) is 6.83. The van der Waals surface area contributed by atoms with Gasteiger partial charge in [0, 0.05) is 37.0 Å². The number of aryl methyl sites for hydroxylation is 1. The van der Waals surface area contributed by atoms with E-state index in [1.165, 1.54) is 0 Å². The predicted octanol–water partition coefficient (Wildman–Crippen LogP) is 3.19. The maximum Gasteiger partial charge on any atom is 0.253 e. The highest BCUT2D eigenvalue weighted by Crippen LogP contribution is 2.24. The molecule has 0 unspecified atom stereocenters. The summed E-state index contributed by atoms with van der Waals surface area (Å²) in [5.41, 5.74) is 3.98. The zero-order valence-electron chi connectivity index (χ0n) is 15.2. The van der Waals surface area contributed by atoms with Gasteiger partial charge in [-0.15, -0.1) is 0 Å². The number of benzene rings is 1. The number of aromatic nitrogens is 2. The summed E-state index contributed by atoms with van der Waals surface area (Å²) in [6.07, 6.45) is 4.68. The highest BCUT2D eigenvalue weighted by atomic mass is 16.2. The maximum absolute atomic E-state index is 12.8. The molecule has 1 aromatic carbocycles. The van der Waals surface area contributed by atoms with Crippen LogP contribution in [0.2, 0.25) is 0 Å². The summed E-state index contributed by atoms with van der Waals surface area (Å²) in [6.45, 7) is 9.67. The number of amides is 1. The number of nitrogens with one attached hydrogen (secondary N) is 1. The van der Waals surface area contributed by atoms with E-state index in [2.05, 4.69) is 29.1 Å². The topological polar surface area (TPSA) is 52.2 Å². The molecule has 2 aromatic rings. The van der Waals surface area contributed by atoms with Gasteiger partial charge in [0.2, 0.25) is 0 Å². The van der Waals surface area contributed by atoms with Crippen molar-refractivity contribution in [2.24, 2.45) is 0 Å². The van der Waals surface area contributed by atoms with Gasteiger partial charge in [-0.1, -0.05) is 19.9 Å². The van der Waals surface area contributed by atoms with Crippen LogP contribution in [0.4, 0.5) is 0 Å². The zero-order valence-corrected chi connectivity index (χ0v) is 15.2. The molecule has 0 saturated carbocycles. The minimum Gasteiger partial charge on any atom is -0.337 e. The van der Waals surface area contributed by atoms with E-state index in [1.807, 2.05) is 43.1 Å². The van der Waals surface area contributed by atoms with Crippen LogP contribution in [0.15, 0.2) is 30.6 Å². The van der Waals surface area contributed by atoms with E-state index < -0.39 is 0 Å². The minimum absolute atomic E-state index is 0.125. The Labute approximate surface area is 144 Å². The molecule has 0 bridgehead atoms. The summed E-state index contributed by atoms with van der Waals surface area (Å²) in [4.78, 5) is 17.0. The number of carbonyl (C=O) groups excluding carboxylic acids is 1. The quantitative estimate of drug-likeness (QED) is 0.921. The lowest BCUT2D eigenvalue weighted by Crippen LogP contribution is -2.34. The smallest absolute Gasteiger partial charge is 0.253 e. The predicted molar refractivity (Wildman–Crippen MR) is 98.1 cm³/mol. The fourth-order valence-electron chi connectivity index (χ4n) is 2.90. The van der Waals surface area contributed by atoms with Crippen molar-refractivity contribution in [2.45, 2.75) is 27.2 Å². The Morgan fingerprint density at radius 1 is 1.17 bits per heavy atom.